The molecule has 6 nitrogen and oxygen atoms in total. The first-order valence-electron chi connectivity index (χ1n) is 10.4. The van der Waals surface area contributed by atoms with Crippen molar-refractivity contribution in [3.05, 3.63) is 71.2 Å². The van der Waals surface area contributed by atoms with Gasteiger partial charge in [-0.1, -0.05) is 30.3 Å². The van der Waals surface area contributed by atoms with Crippen molar-refractivity contribution in [2.75, 3.05) is 7.11 Å². The second-order valence-corrected chi connectivity index (χ2v) is 7.84. The quantitative estimate of drug-likeness (QED) is 0.723. The largest absolute Gasteiger partial charge is 0.496 e. The van der Waals surface area contributed by atoms with E-state index in [1.807, 2.05) is 24.3 Å². The number of methoxy groups -OCH3 is 1. The Bertz CT molecular complexity index is 1010. The summed E-state index contributed by atoms with van der Waals surface area (Å²) in [5, 5.41) is 5.86. The summed E-state index contributed by atoms with van der Waals surface area (Å²) in [6.45, 7) is 0.274. The van der Waals surface area contributed by atoms with E-state index in [1.54, 1.807) is 25.3 Å². The summed E-state index contributed by atoms with van der Waals surface area (Å²) in [6.07, 6.45) is 3.33. The maximum Gasteiger partial charge on any atom is 0.286 e. The van der Waals surface area contributed by atoms with E-state index in [0.29, 0.717) is 30.6 Å². The summed E-state index contributed by atoms with van der Waals surface area (Å²) in [4.78, 5) is 25.2. The Kier molecular flexibility index (Phi) is 6.21. The molecular formula is C24H25FN2O4. The van der Waals surface area contributed by atoms with E-state index in [-0.39, 0.29) is 48.0 Å². The third kappa shape index (κ3) is 4.87. The Labute approximate surface area is 180 Å². The van der Waals surface area contributed by atoms with Crippen molar-refractivity contribution < 1.29 is 23.5 Å². The van der Waals surface area contributed by atoms with Crippen LogP contribution in [-0.4, -0.2) is 31.1 Å². The van der Waals surface area contributed by atoms with Crippen LogP contribution in [0.5, 0.6) is 5.75 Å². The van der Waals surface area contributed by atoms with Crippen LogP contribution < -0.4 is 15.4 Å². The van der Waals surface area contributed by atoms with Gasteiger partial charge in [0.15, 0.2) is 5.76 Å². The van der Waals surface area contributed by atoms with Crippen molar-refractivity contribution >= 4 is 17.9 Å². The van der Waals surface area contributed by atoms with Gasteiger partial charge in [-0.2, -0.15) is 0 Å². The molecule has 1 saturated heterocycles. The molecule has 3 atom stereocenters. The lowest BCUT2D eigenvalue weighted by Gasteiger charge is -2.39. The lowest BCUT2D eigenvalue weighted by molar-refractivity contribution is -0.134. The van der Waals surface area contributed by atoms with Crippen LogP contribution in [0.1, 0.15) is 30.4 Å². The first kappa shape index (κ1) is 20.9. The van der Waals surface area contributed by atoms with E-state index in [0.717, 1.165) is 5.56 Å². The van der Waals surface area contributed by atoms with Gasteiger partial charge in [-0.05, 0) is 49.1 Å². The predicted octanol–water partition coefficient (Wildman–Crippen LogP) is 3.18. The minimum Gasteiger partial charge on any atom is -0.496 e. The lowest BCUT2D eigenvalue weighted by Crippen LogP contribution is -2.54. The number of fused-ring (bicyclic) bond motifs is 1. The van der Waals surface area contributed by atoms with Gasteiger partial charge in [-0.3, -0.25) is 9.59 Å². The summed E-state index contributed by atoms with van der Waals surface area (Å²) >= 11 is 0. The lowest BCUT2D eigenvalue weighted by atomic mass is 9.82. The van der Waals surface area contributed by atoms with Gasteiger partial charge in [0.2, 0.25) is 5.91 Å². The van der Waals surface area contributed by atoms with Gasteiger partial charge in [0.25, 0.3) is 5.91 Å². The van der Waals surface area contributed by atoms with Gasteiger partial charge < -0.3 is 20.1 Å². The van der Waals surface area contributed by atoms with Crippen molar-refractivity contribution in [2.24, 2.45) is 5.92 Å². The Balaban J connectivity index is 1.36. The van der Waals surface area contributed by atoms with Crippen molar-refractivity contribution in [2.45, 2.75) is 38.0 Å². The molecule has 162 valence electrons. The van der Waals surface area contributed by atoms with Gasteiger partial charge in [-0.15, -0.1) is 0 Å². The average molecular weight is 424 g/mol. The normalized spacial score (nSPS) is 24.0. The van der Waals surface area contributed by atoms with E-state index in [9.17, 15) is 14.0 Å². The number of benzene rings is 2. The smallest absolute Gasteiger partial charge is 0.286 e. The first-order valence-corrected chi connectivity index (χ1v) is 10.4. The third-order valence-corrected chi connectivity index (χ3v) is 5.76. The number of ether oxygens (including phenoxy) is 2. The molecule has 4 rings (SSSR count). The summed E-state index contributed by atoms with van der Waals surface area (Å²) in [5.74, 6) is -0.0305. The fourth-order valence-electron chi connectivity index (χ4n) is 4.14. The first-order chi connectivity index (χ1) is 15.0. The molecule has 0 radical (unpaired) electrons. The van der Waals surface area contributed by atoms with E-state index in [2.05, 4.69) is 10.6 Å². The molecule has 1 saturated carbocycles. The van der Waals surface area contributed by atoms with Gasteiger partial charge in [-0.25, -0.2) is 4.39 Å². The molecule has 2 amide bonds. The number of halogens is 1. The number of para-hydroxylation sites is 1. The zero-order valence-electron chi connectivity index (χ0n) is 17.3. The highest BCUT2D eigenvalue weighted by atomic mass is 19.1. The molecule has 1 aliphatic heterocycles. The zero-order valence-corrected chi connectivity index (χ0v) is 17.3. The van der Waals surface area contributed by atoms with Gasteiger partial charge in [0.1, 0.15) is 17.7 Å². The van der Waals surface area contributed by atoms with Crippen molar-refractivity contribution in [3.63, 3.8) is 0 Å². The van der Waals surface area contributed by atoms with E-state index in [4.69, 9.17) is 9.47 Å². The van der Waals surface area contributed by atoms with Gasteiger partial charge in [0, 0.05) is 18.0 Å². The maximum atomic E-state index is 13.3. The molecule has 3 unspecified atom stereocenters. The van der Waals surface area contributed by atoms with Crippen LogP contribution in [0, 0.1) is 11.7 Å². The van der Waals surface area contributed by atoms with Crippen LogP contribution in [-0.2, 0) is 20.9 Å². The number of carbonyl (C=O) groups excluding carboxylic acids is 2. The van der Waals surface area contributed by atoms with Crippen LogP contribution in [0.15, 0.2) is 54.3 Å². The van der Waals surface area contributed by atoms with Crippen molar-refractivity contribution in [1.82, 2.24) is 10.6 Å². The molecule has 1 heterocycles. The standard InChI is InChI=1S/C24H25FN2O4/c1-30-20-8-3-2-6-16(20)13-22-24(29)27-19-12-17(9-10-21(19)31-22)23(28)26-14-15-5-4-7-18(25)11-15/h2-8,11,13,17,19,21H,9-10,12,14H2,1H3,(H,26,28)(H,27,29)/b22-13+. The molecule has 2 N–H and O–H groups in total. The predicted molar refractivity (Wildman–Crippen MR) is 113 cm³/mol. The average Bonchev–Trinajstić information content (AvgIpc) is 2.78. The molecule has 1 aliphatic carbocycles. The number of rotatable bonds is 5. The monoisotopic (exact) mass is 424 g/mol. The highest BCUT2D eigenvalue weighted by molar-refractivity contribution is 5.97. The number of amides is 2. The van der Waals surface area contributed by atoms with Crippen molar-refractivity contribution in [3.8, 4) is 5.75 Å². The highest BCUT2D eigenvalue weighted by Crippen LogP contribution is 2.32. The maximum absolute atomic E-state index is 13.3. The van der Waals surface area contributed by atoms with Crippen LogP contribution in [0.4, 0.5) is 4.39 Å². The molecule has 2 aromatic carbocycles. The second kappa shape index (κ2) is 9.20. The van der Waals surface area contributed by atoms with Crippen LogP contribution in [0.25, 0.3) is 6.08 Å². The molecule has 31 heavy (non-hydrogen) atoms. The number of hydrogen-bond donors (Lipinski definition) is 2. The fraction of sp³-hybridized carbons (Fsp3) is 0.333. The molecule has 2 fully saturated rings. The molecule has 2 aromatic rings. The summed E-state index contributed by atoms with van der Waals surface area (Å²) < 4.78 is 24.6. The van der Waals surface area contributed by atoms with Gasteiger partial charge in [0.05, 0.1) is 13.2 Å². The third-order valence-electron chi connectivity index (χ3n) is 5.76. The molecule has 0 spiro atoms. The Morgan fingerprint density at radius 2 is 2.10 bits per heavy atom. The minimum absolute atomic E-state index is 0.0904. The Morgan fingerprint density at radius 1 is 1.26 bits per heavy atom. The van der Waals surface area contributed by atoms with E-state index in [1.165, 1.54) is 12.1 Å². The second-order valence-electron chi connectivity index (χ2n) is 7.84. The minimum atomic E-state index is -0.327. The van der Waals surface area contributed by atoms with Crippen LogP contribution in [0.2, 0.25) is 0 Å². The molecule has 7 heteroatoms. The van der Waals surface area contributed by atoms with E-state index < -0.39 is 0 Å². The zero-order chi connectivity index (χ0) is 21.8. The number of carbonyl (C=O) groups is 2. The van der Waals surface area contributed by atoms with Gasteiger partial charge >= 0.3 is 0 Å². The molecule has 0 aromatic heterocycles. The Hall–Kier alpha value is -3.35. The molecular weight excluding hydrogens is 399 g/mol. The van der Waals surface area contributed by atoms with Crippen molar-refractivity contribution in [1.29, 1.82) is 0 Å². The highest BCUT2D eigenvalue weighted by Gasteiger charge is 2.40. The fourth-order valence-corrected chi connectivity index (χ4v) is 4.14. The number of hydrogen-bond acceptors (Lipinski definition) is 4. The summed E-state index contributed by atoms with van der Waals surface area (Å²) in [6, 6.07) is 13.3. The van der Waals surface area contributed by atoms with Crippen LogP contribution >= 0.6 is 0 Å². The van der Waals surface area contributed by atoms with Crippen LogP contribution in [0.3, 0.4) is 0 Å². The Morgan fingerprint density at radius 3 is 2.90 bits per heavy atom. The van der Waals surface area contributed by atoms with E-state index >= 15 is 0 Å². The topological polar surface area (TPSA) is 76.7 Å². The number of morpholine rings is 1. The SMILES string of the molecule is COc1ccccc1/C=C1/OC2CCC(C(=O)NCc3cccc(F)c3)CC2NC1=O. The summed E-state index contributed by atoms with van der Waals surface area (Å²) in [7, 11) is 1.58. The summed E-state index contributed by atoms with van der Waals surface area (Å²) in [5.41, 5.74) is 1.47. The molecule has 2 aliphatic rings. The number of nitrogens with one attached hydrogen (secondary N) is 2. The molecule has 0 bridgehead atoms.